The molecule has 0 N–H and O–H groups in total. The maximum atomic E-state index is 13.2. The van der Waals surface area contributed by atoms with Crippen molar-refractivity contribution in [2.75, 3.05) is 28.4 Å². The first-order valence-electron chi connectivity index (χ1n) is 6.03. The zero-order valence-electron chi connectivity index (χ0n) is 12.5. The highest BCUT2D eigenvalue weighted by Gasteiger charge is 2.67. The summed E-state index contributed by atoms with van der Waals surface area (Å²) in [7, 11) is -6.27. The predicted molar refractivity (Wildman–Crippen MR) is 85.3 cm³/mol. The molecule has 6 nitrogen and oxygen atoms in total. The molecule has 9 heteroatoms. The van der Waals surface area contributed by atoms with Crippen LogP contribution in [-0.2, 0) is 27.2 Å². The van der Waals surface area contributed by atoms with Gasteiger partial charge in [-0.25, -0.2) is 0 Å². The lowest BCUT2D eigenvalue weighted by molar-refractivity contribution is 0.282. The minimum Gasteiger partial charge on any atom is -0.315 e. The van der Waals surface area contributed by atoms with Crippen LogP contribution >= 0.6 is 14.3 Å². The van der Waals surface area contributed by atoms with Gasteiger partial charge in [0.15, 0.2) is 0 Å². The molecule has 1 aromatic rings. The Morgan fingerprint density at radius 3 is 1.57 bits per heavy atom. The molecule has 0 aliphatic rings. The zero-order chi connectivity index (χ0) is 16.1. The summed E-state index contributed by atoms with van der Waals surface area (Å²) >= 11 is 0. The van der Waals surface area contributed by atoms with Crippen LogP contribution in [0.2, 0.25) is 0 Å². The van der Waals surface area contributed by atoms with Gasteiger partial charge in [-0.05, 0) is 5.19 Å². The molecule has 0 atom stereocenters. The van der Waals surface area contributed by atoms with Crippen molar-refractivity contribution in [3.8, 4) is 0 Å². The minimum absolute atomic E-state index is 0.541. The second-order valence-corrected chi connectivity index (χ2v) is 18.5. The molecule has 0 unspecified atom stereocenters. The smallest absolute Gasteiger partial charge is 0.315 e. The van der Waals surface area contributed by atoms with Crippen LogP contribution in [0.15, 0.2) is 42.6 Å². The van der Waals surface area contributed by atoms with Gasteiger partial charge in [0, 0.05) is 28.4 Å². The van der Waals surface area contributed by atoms with Crippen LogP contribution in [0.4, 0.5) is 0 Å². The molecule has 0 aliphatic heterocycles. The molecule has 0 heterocycles. The normalized spacial score (nSPS) is 13.1. The molecular weight excluding hydrogens is 330 g/mol. The van der Waals surface area contributed by atoms with Crippen molar-refractivity contribution in [1.29, 1.82) is 0 Å². The van der Waals surface area contributed by atoms with Crippen molar-refractivity contribution in [1.82, 2.24) is 0 Å². The average Bonchev–Trinajstić information content (AvgIpc) is 2.56. The first kappa shape index (κ1) is 18.5. The molecule has 0 saturated heterocycles. The van der Waals surface area contributed by atoms with Crippen molar-refractivity contribution >= 4 is 26.9 Å². The van der Waals surface area contributed by atoms with Crippen LogP contribution < -0.4 is 5.19 Å². The lowest BCUT2D eigenvalue weighted by Gasteiger charge is -2.36. The number of benzene rings is 1. The fraction of sp³-hybridized carbons (Fsp3) is 0.333. The fourth-order valence-corrected chi connectivity index (χ4v) is 19.9. The number of hydrogen-bond donors (Lipinski definition) is 0. The van der Waals surface area contributed by atoms with E-state index in [-0.39, 0.29) is 0 Å². The lowest BCUT2D eigenvalue weighted by Crippen LogP contribution is -2.47. The molecule has 0 aliphatic carbocycles. The summed E-state index contributed by atoms with van der Waals surface area (Å²) in [5.41, 5.74) is 1.38. The summed E-state index contributed by atoms with van der Waals surface area (Å²) in [6.45, 7) is 3.73. The lowest BCUT2D eigenvalue weighted by atomic mass is 10.4. The van der Waals surface area contributed by atoms with Gasteiger partial charge in [-0.3, -0.25) is 9.13 Å². The summed E-state index contributed by atoms with van der Waals surface area (Å²) in [5.74, 6) is 0. The zero-order valence-corrected chi connectivity index (χ0v) is 15.3. The van der Waals surface area contributed by atoms with Gasteiger partial charge in [0.1, 0.15) is 0 Å². The van der Waals surface area contributed by atoms with Gasteiger partial charge < -0.3 is 18.1 Å². The quantitative estimate of drug-likeness (QED) is 0.530. The third-order valence-corrected chi connectivity index (χ3v) is 22.9. The Bertz CT molecular complexity index is 534. The molecule has 21 heavy (non-hydrogen) atoms. The third-order valence-electron chi connectivity index (χ3n) is 3.28. The van der Waals surface area contributed by atoms with Crippen LogP contribution in [0.5, 0.6) is 0 Å². The van der Waals surface area contributed by atoms with Crippen LogP contribution in [0, 0.1) is 0 Å². The Kier molecular flexibility index (Phi) is 6.32. The Morgan fingerprint density at radius 1 is 0.905 bits per heavy atom. The molecule has 0 spiro atoms. The number of rotatable bonds is 8. The van der Waals surface area contributed by atoms with Gasteiger partial charge in [0.05, 0.1) is 0 Å². The topological polar surface area (TPSA) is 71.1 Å². The Labute approximate surface area is 125 Å². The van der Waals surface area contributed by atoms with Crippen LogP contribution in [0.3, 0.4) is 0 Å². The van der Waals surface area contributed by atoms with E-state index in [1.165, 1.54) is 34.1 Å². The van der Waals surface area contributed by atoms with E-state index in [4.69, 9.17) is 18.1 Å². The molecular formula is C12H20O6P2Si. The van der Waals surface area contributed by atoms with Crippen LogP contribution in [-0.4, -0.2) is 35.8 Å². The minimum atomic E-state index is -3.79. The second-order valence-electron chi connectivity index (χ2n) is 4.02. The van der Waals surface area contributed by atoms with E-state index < -0.39 is 21.7 Å². The van der Waals surface area contributed by atoms with Crippen molar-refractivity contribution in [3.05, 3.63) is 42.6 Å². The van der Waals surface area contributed by atoms with Gasteiger partial charge in [-0.15, -0.1) is 6.58 Å². The summed E-state index contributed by atoms with van der Waals surface area (Å²) in [6, 6.07) is 8.67. The molecule has 0 bridgehead atoms. The number of hydrogen-bond acceptors (Lipinski definition) is 6. The van der Waals surface area contributed by atoms with E-state index in [0.29, 0.717) is 5.19 Å². The maximum absolute atomic E-state index is 13.2. The van der Waals surface area contributed by atoms with E-state index in [1.54, 1.807) is 30.3 Å². The van der Waals surface area contributed by atoms with Crippen molar-refractivity contribution < 1.29 is 27.2 Å². The molecule has 1 aromatic carbocycles. The molecule has 118 valence electrons. The molecule has 0 saturated carbocycles. The molecule has 0 fully saturated rings. The molecule has 0 radical (unpaired) electrons. The summed E-state index contributed by atoms with van der Waals surface area (Å²) in [4.78, 5) is 0. The van der Waals surface area contributed by atoms with Gasteiger partial charge in [0.2, 0.25) is 0 Å². The van der Waals surface area contributed by atoms with Gasteiger partial charge >= 0.3 is 21.7 Å². The molecule has 1 rings (SSSR count). The van der Waals surface area contributed by atoms with Crippen LogP contribution in [0.1, 0.15) is 0 Å². The standard InChI is InChI=1S/C12H20O6P2Si/c1-6-21(19(13,15-2)16-3,20(14,17-4)18-5)12-10-8-7-9-11-12/h6-11H,1H2,2-5H3. The largest absolute Gasteiger partial charge is 0.378 e. The Hall–Kier alpha value is -0.523. The van der Waals surface area contributed by atoms with Gasteiger partial charge in [-0.2, -0.15) is 0 Å². The monoisotopic (exact) mass is 350 g/mol. The molecule has 0 amide bonds. The highest BCUT2D eigenvalue weighted by Crippen LogP contribution is 2.73. The van der Waals surface area contributed by atoms with Gasteiger partial charge in [-0.1, -0.05) is 36.0 Å². The second kappa shape index (κ2) is 7.16. The van der Waals surface area contributed by atoms with Crippen LogP contribution in [0.25, 0.3) is 0 Å². The molecule has 0 aromatic heterocycles. The first-order valence-corrected chi connectivity index (χ1v) is 12.9. The summed E-state index contributed by atoms with van der Waals surface area (Å²) < 4.78 is 46.9. The highest BCUT2D eigenvalue weighted by molar-refractivity contribution is 8.26. The average molecular weight is 350 g/mol. The fourth-order valence-electron chi connectivity index (χ4n) is 2.20. The SMILES string of the molecule is C=C[Si](c1ccccc1)(P(=O)(OC)OC)P(=O)(OC)OC. The van der Waals surface area contributed by atoms with Gasteiger partial charge in [0.25, 0.3) is 0 Å². The summed E-state index contributed by atoms with van der Waals surface area (Å²) in [5, 5.41) is 0.541. The highest BCUT2D eigenvalue weighted by atomic mass is 31.7. The van der Waals surface area contributed by atoms with E-state index in [2.05, 4.69) is 6.58 Å². The Morgan fingerprint density at radius 2 is 1.29 bits per heavy atom. The predicted octanol–water partition coefficient (Wildman–Crippen LogP) is 3.03. The maximum Gasteiger partial charge on any atom is 0.378 e. The van der Waals surface area contributed by atoms with Crippen molar-refractivity contribution in [3.63, 3.8) is 0 Å². The van der Waals surface area contributed by atoms with E-state index in [0.717, 1.165) is 0 Å². The van der Waals surface area contributed by atoms with Crippen molar-refractivity contribution in [2.24, 2.45) is 0 Å². The van der Waals surface area contributed by atoms with Crippen molar-refractivity contribution in [2.45, 2.75) is 0 Å². The van der Waals surface area contributed by atoms with E-state index >= 15 is 0 Å². The third kappa shape index (κ3) is 2.75. The summed E-state index contributed by atoms with van der Waals surface area (Å²) in [6.07, 6.45) is 0. The van der Waals surface area contributed by atoms with E-state index in [9.17, 15) is 9.13 Å². The van der Waals surface area contributed by atoms with E-state index in [1.807, 2.05) is 0 Å². The first-order chi connectivity index (χ1) is 9.91. The Balaban J connectivity index is 3.83.